The molecular weight excluding hydrogens is 702 g/mol. The summed E-state index contributed by atoms with van der Waals surface area (Å²) in [6.45, 7) is 12.4. The highest BCUT2D eigenvalue weighted by Gasteiger charge is 2.50. The fourth-order valence-electron chi connectivity index (χ4n) is 7.00. The van der Waals surface area contributed by atoms with Gasteiger partial charge < -0.3 is 55.2 Å². The van der Waals surface area contributed by atoms with Gasteiger partial charge in [-0.1, -0.05) is 45.9 Å². The Bertz CT molecular complexity index is 1920. The summed E-state index contributed by atoms with van der Waals surface area (Å²) in [6, 6.07) is 0. The Morgan fingerprint density at radius 1 is 0.981 bits per heavy atom. The van der Waals surface area contributed by atoms with Crippen molar-refractivity contribution in [2.45, 2.75) is 85.6 Å². The predicted octanol–water partition coefficient (Wildman–Crippen LogP) is 4.31. The van der Waals surface area contributed by atoms with Gasteiger partial charge in [0.1, 0.15) is 23.4 Å². The van der Waals surface area contributed by atoms with Gasteiger partial charge in [-0.2, -0.15) is 5.10 Å². The molecule has 0 fully saturated rings. The third-order valence-electron chi connectivity index (χ3n) is 10.4. The first-order valence-corrected chi connectivity index (χ1v) is 17.6. The van der Waals surface area contributed by atoms with Crippen molar-refractivity contribution >= 4 is 40.3 Å². The smallest absolute Gasteiger partial charge is 0.312 e. The van der Waals surface area contributed by atoms with Gasteiger partial charge >= 0.3 is 11.8 Å². The lowest BCUT2D eigenvalue weighted by Crippen LogP contribution is -2.46. The molecule has 54 heavy (non-hydrogen) atoms. The zero-order chi connectivity index (χ0) is 40.4. The second-order valence-electron chi connectivity index (χ2n) is 14.1. The Morgan fingerprint density at radius 2 is 1.65 bits per heavy atom. The van der Waals surface area contributed by atoms with E-state index in [1.165, 1.54) is 60.3 Å². The molecular formula is C39H51N3O12. The van der Waals surface area contributed by atoms with Crippen LogP contribution in [0.5, 0.6) is 23.0 Å². The summed E-state index contributed by atoms with van der Waals surface area (Å²) in [4.78, 5) is 39.9. The van der Waals surface area contributed by atoms with Crippen LogP contribution in [0.1, 0.15) is 70.0 Å². The quantitative estimate of drug-likeness (QED) is 0.0761. The first kappa shape index (κ1) is 41.6. The van der Waals surface area contributed by atoms with Crippen molar-refractivity contribution in [2.75, 3.05) is 19.5 Å². The fourth-order valence-corrected chi connectivity index (χ4v) is 7.00. The highest BCUT2D eigenvalue weighted by molar-refractivity contribution is 6.23. The Kier molecular flexibility index (Phi) is 12.7. The lowest BCUT2D eigenvalue weighted by molar-refractivity contribution is -0.160. The van der Waals surface area contributed by atoms with Crippen LogP contribution < -0.4 is 15.5 Å². The SMILES string of the molecule is CN/N=C\c1c2c(O)c3c(O)c(C)c4c(c3c1O)C(=O)[C@@](C)(O/C=C/[C@H](OC)[C@@H](C)[C@@H](OC(C)=O)[C@H](C)[C@H](O)[C@H](C)[C@@H](O)[C@@H](C)/C=C/C=C(\C)C(=O)N2)O4. The number of aromatic hydroxyl groups is 3. The first-order valence-electron chi connectivity index (χ1n) is 17.6. The van der Waals surface area contributed by atoms with E-state index in [-0.39, 0.29) is 44.5 Å². The van der Waals surface area contributed by atoms with E-state index in [2.05, 4.69) is 15.8 Å². The van der Waals surface area contributed by atoms with Gasteiger partial charge in [0.2, 0.25) is 0 Å². The highest BCUT2D eigenvalue weighted by atomic mass is 16.7. The highest BCUT2D eigenvalue weighted by Crippen LogP contribution is 2.55. The van der Waals surface area contributed by atoms with E-state index in [1.807, 2.05) is 0 Å². The molecule has 9 atom stereocenters. The number of nitrogens with one attached hydrogen (secondary N) is 2. The lowest BCUT2D eigenvalue weighted by atomic mass is 9.78. The number of amides is 1. The van der Waals surface area contributed by atoms with Gasteiger partial charge in [-0.15, -0.1) is 0 Å². The molecule has 3 aliphatic rings. The summed E-state index contributed by atoms with van der Waals surface area (Å²) in [7, 11) is 2.91. The van der Waals surface area contributed by atoms with Crippen LogP contribution in [0.3, 0.4) is 0 Å². The van der Waals surface area contributed by atoms with Gasteiger partial charge in [-0.3, -0.25) is 14.4 Å². The van der Waals surface area contributed by atoms with Crippen LogP contribution in [-0.2, 0) is 23.8 Å². The number of carbonyl (C=O) groups is 3. The molecule has 0 aliphatic carbocycles. The number of carbonyl (C=O) groups excluding carboxylic acids is 3. The average molecular weight is 754 g/mol. The molecule has 0 aromatic heterocycles. The summed E-state index contributed by atoms with van der Waals surface area (Å²) in [6.07, 6.45) is 4.62. The number of methoxy groups -OCH3 is 1. The number of Topliss-reactive ketones (excluding diaryl/α,β-unsaturated/α-hetero) is 1. The average Bonchev–Trinajstić information content (AvgIpc) is 3.39. The Morgan fingerprint density at radius 3 is 2.26 bits per heavy atom. The molecule has 2 aromatic carbocycles. The molecule has 3 aliphatic heterocycles. The normalized spacial score (nSPS) is 31.7. The number of esters is 1. The largest absolute Gasteiger partial charge is 0.507 e. The Hall–Kier alpha value is -5.12. The van der Waals surface area contributed by atoms with Gasteiger partial charge in [-0.05, 0) is 19.9 Å². The van der Waals surface area contributed by atoms with Gasteiger partial charge in [0.15, 0.2) is 5.75 Å². The monoisotopic (exact) mass is 753 g/mol. The number of nitrogens with zero attached hydrogens (tertiary/aromatic N) is 1. The van der Waals surface area contributed by atoms with Gasteiger partial charge in [0.05, 0.1) is 53.0 Å². The van der Waals surface area contributed by atoms with E-state index in [9.17, 15) is 39.9 Å². The number of anilines is 1. The van der Waals surface area contributed by atoms with Crippen molar-refractivity contribution in [3.05, 3.63) is 52.8 Å². The standard InChI is InChI=1S/C39H51N3O12/c1-17-12-11-13-18(2)38(50)42-29-24(16-41-40-9)33(47)26-27(34(29)48)32(46)22(6)36-28(26)37(49)39(8,54-36)52-15-14-25(51-10)19(3)35(53-23(7)43)21(5)31(45)20(4)30(17)44/h11-17,19-21,25,30-31,35,40,44-48H,1-10H3,(H,42,50)/b12-11+,15-14+,18-13+,41-16-/t17-,19+,20+,21+,25-,30-,31+,35+,39-/m0/s1. The maximum Gasteiger partial charge on any atom is 0.312 e. The molecule has 0 spiro atoms. The number of hydrogen-bond donors (Lipinski definition) is 7. The number of phenolic OH excluding ortho intramolecular Hbond substituents is 3. The van der Waals surface area contributed by atoms with Crippen LogP contribution in [0.4, 0.5) is 5.69 Å². The van der Waals surface area contributed by atoms with Crippen molar-refractivity contribution in [1.82, 2.24) is 5.43 Å². The molecule has 2 aromatic rings. The molecule has 0 saturated carbocycles. The van der Waals surface area contributed by atoms with Crippen LogP contribution in [0.25, 0.3) is 10.8 Å². The van der Waals surface area contributed by atoms with E-state index in [0.29, 0.717) is 0 Å². The number of phenols is 3. The molecule has 1 amide bonds. The minimum absolute atomic E-state index is 0.0446. The number of ether oxygens (including phenoxy) is 4. The topological polar surface area (TPSA) is 226 Å². The number of aliphatic hydroxyl groups is 2. The third kappa shape index (κ3) is 7.74. The summed E-state index contributed by atoms with van der Waals surface area (Å²) < 4.78 is 23.4. The predicted molar refractivity (Wildman–Crippen MR) is 200 cm³/mol. The van der Waals surface area contributed by atoms with Crippen molar-refractivity contribution in [3.8, 4) is 23.0 Å². The molecule has 5 bridgehead atoms. The van der Waals surface area contributed by atoms with E-state index >= 15 is 0 Å². The van der Waals surface area contributed by atoms with Gasteiger partial charge in [-0.25, -0.2) is 0 Å². The van der Waals surface area contributed by atoms with Crippen LogP contribution in [0.15, 0.2) is 41.2 Å². The van der Waals surface area contributed by atoms with E-state index in [0.717, 1.165) is 6.21 Å². The zero-order valence-corrected chi connectivity index (χ0v) is 32.1. The Balaban J connectivity index is 1.96. The van der Waals surface area contributed by atoms with Crippen molar-refractivity contribution in [2.24, 2.45) is 28.8 Å². The number of ketones is 1. The van der Waals surface area contributed by atoms with Crippen LogP contribution in [0, 0.1) is 30.6 Å². The fraction of sp³-hybridized carbons (Fsp3) is 0.487. The molecule has 15 heteroatoms. The molecule has 0 saturated heterocycles. The third-order valence-corrected chi connectivity index (χ3v) is 10.4. The first-order chi connectivity index (χ1) is 25.3. The molecule has 294 valence electrons. The number of allylic oxidation sites excluding steroid dienone is 2. The summed E-state index contributed by atoms with van der Waals surface area (Å²) in [5, 5.41) is 63.4. The number of fused-ring (bicyclic) bond motifs is 14. The van der Waals surface area contributed by atoms with E-state index in [4.69, 9.17) is 18.9 Å². The minimum atomic E-state index is -2.04. The summed E-state index contributed by atoms with van der Waals surface area (Å²) in [5.41, 5.74) is 2.05. The van der Waals surface area contributed by atoms with E-state index < -0.39 is 88.8 Å². The van der Waals surface area contributed by atoms with Crippen LogP contribution in [0.2, 0.25) is 0 Å². The molecule has 0 radical (unpaired) electrons. The minimum Gasteiger partial charge on any atom is -0.507 e. The molecule has 5 rings (SSSR count). The maximum absolute atomic E-state index is 14.2. The number of hydrogen-bond acceptors (Lipinski definition) is 14. The maximum atomic E-state index is 14.2. The van der Waals surface area contributed by atoms with Crippen molar-refractivity contribution < 1.29 is 58.9 Å². The lowest BCUT2D eigenvalue weighted by Gasteiger charge is -2.38. The van der Waals surface area contributed by atoms with Crippen LogP contribution >= 0.6 is 0 Å². The second-order valence-corrected chi connectivity index (χ2v) is 14.1. The van der Waals surface area contributed by atoms with Crippen molar-refractivity contribution in [1.29, 1.82) is 0 Å². The molecule has 0 unspecified atom stereocenters. The summed E-state index contributed by atoms with van der Waals surface area (Å²) in [5.74, 6) is -8.46. The number of rotatable bonds is 4. The van der Waals surface area contributed by atoms with E-state index in [1.54, 1.807) is 39.8 Å². The van der Waals surface area contributed by atoms with Gasteiger partial charge in [0, 0.05) is 68.2 Å². The number of aliphatic hydroxyl groups excluding tert-OH is 2. The Labute approximate surface area is 313 Å². The second kappa shape index (κ2) is 16.5. The number of hydrazone groups is 1. The molecule has 3 heterocycles. The van der Waals surface area contributed by atoms with Crippen molar-refractivity contribution in [3.63, 3.8) is 0 Å². The zero-order valence-electron chi connectivity index (χ0n) is 32.1. The molecule has 7 N–H and O–H groups in total. The molecule has 15 nitrogen and oxygen atoms in total. The van der Waals surface area contributed by atoms with Gasteiger partial charge in [0.25, 0.3) is 11.7 Å². The number of benzene rings is 2. The summed E-state index contributed by atoms with van der Waals surface area (Å²) >= 11 is 0. The van der Waals surface area contributed by atoms with Crippen LogP contribution in [-0.4, -0.2) is 93.8 Å².